The van der Waals surface area contributed by atoms with E-state index in [-0.39, 0.29) is 52.4 Å². The summed E-state index contributed by atoms with van der Waals surface area (Å²) in [5.74, 6) is -1.18. The van der Waals surface area contributed by atoms with E-state index >= 15 is 0 Å². The first kappa shape index (κ1) is 27.4. The fourth-order valence-corrected chi connectivity index (χ4v) is 5.83. The number of halogens is 2. The summed E-state index contributed by atoms with van der Waals surface area (Å²) in [6.45, 7) is 3.00. The van der Waals surface area contributed by atoms with Gasteiger partial charge < -0.3 is 24.1 Å². The molecule has 1 saturated carbocycles. The van der Waals surface area contributed by atoms with Crippen LogP contribution in [-0.2, 0) is 33.6 Å². The number of nitriles is 1. The molecule has 40 heavy (non-hydrogen) atoms. The predicted octanol–water partition coefficient (Wildman–Crippen LogP) is 4.55. The average Bonchev–Trinajstić information content (AvgIpc) is 3.56. The minimum Gasteiger partial charge on any atom is -0.462 e. The van der Waals surface area contributed by atoms with Gasteiger partial charge in [-0.3, -0.25) is 0 Å². The molecule has 13 heteroatoms. The number of nitrogens with one attached hydrogen (secondary N) is 1. The van der Waals surface area contributed by atoms with E-state index in [1.54, 1.807) is 26.1 Å². The topological polar surface area (TPSA) is 133 Å². The summed E-state index contributed by atoms with van der Waals surface area (Å²) in [7, 11) is -2.20. The van der Waals surface area contributed by atoms with Crippen LogP contribution in [0.1, 0.15) is 48.2 Å². The van der Waals surface area contributed by atoms with Crippen molar-refractivity contribution in [2.45, 2.75) is 50.0 Å². The van der Waals surface area contributed by atoms with Crippen LogP contribution in [0, 0.1) is 11.3 Å². The number of alkyl halides is 2. The molecule has 0 bridgehead atoms. The van der Waals surface area contributed by atoms with Crippen LogP contribution in [0.25, 0.3) is 11.4 Å². The molecule has 210 valence electrons. The predicted molar refractivity (Wildman–Crippen MR) is 139 cm³/mol. The number of hydrogen-bond acceptors (Lipinski definition) is 9. The third-order valence-corrected chi connectivity index (χ3v) is 8.76. The highest BCUT2D eigenvalue weighted by Crippen LogP contribution is 2.48. The molecule has 2 aromatic carbocycles. The summed E-state index contributed by atoms with van der Waals surface area (Å²) in [4.78, 5) is 17.2. The second-order valence-electron chi connectivity index (χ2n) is 9.52. The zero-order valence-corrected chi connectivity index (χ0v) is 22.8. The quantitative estimate of drug-likeness (QED) is 0.367. The van der Waals surface area contributed by atoms with Gasteiger partial charge in [-0.25, -0.2) is 18.2 Å². The summed E-state index contributed by atoms with van der Waals surface area (Å²) in [5, 5.41) is 12.4. The van der Waals surface area contributed by atoms with Gasteiger partial charge in [0.1, 0.15) is 5.82 Å². The van der Waals surface area contributed by atoms with Crippen molar-refractivity contribution in [3.05, 3.63) is 53.1 Å². The maximum Gasteiger partial charge on any atom is 0.586 e. The summed E-state index contributed by atoms with van der Waals surface area (Å²) in [6.07, 6.45) is -2.30. The molecule has 1 N–H and O–H groups in total. The lowest BCUT2D eigenvalue weighted by atomic mass is 9.96. The van der Waals surface area contributed by atoms with Gasteiger partial charge in [-0.05, 0) is 43.0 Å². The van der Waals surface area contributed by atoms with Gasteiger partial charge in [0.2, 0.25) is 0 Å². The Morgan fingerprint density at radius 2 is 1.82 bits per heavy atom. The Hall–Kier alpha value is -4.18. The highest BCUT2D eigenvalue weighted by Gasteiger charge is 2.45. The van der Waals surface area contributed by atoms with E-state index in [0.717, 1.165) is 24.5 Å². The first-order valence-corrected chi connectivity index (χ1v) is 14.2. The zero-order chi connectivity index (χ0) is 28.9. The zero-order valence-electron chi connectivity index (χ0n) is 22.0. The molecule has 0 amide bonds. The summed E-state index contributed by atoms with van der Waals surface area (Å²) in [6, 6.07) is 11.9. The molecule has 1 aliphatic heterocycles. The number of imidazole rings is 1. The van der Waals surface area contributed by atoms with E-state index in [9.17, 15) is 27.3 Å². The average molecular weight is 573 g/mol. The number of carbonyl (C=O) groups excluding carboxylic acids is 1. The van der Waals surface area contributed by atoms with Crippen molar-refractivity contribution >= 4 is 21.6 Å². The van der Waals surface area contributed by atoms with E-state index in [1.807, 2.05) is 12.1 Å². The van der Waals surface area contributed by atoms with Gasteiger partial charge in [0.25, 0.3) is 0 Å². The molecule has 0 saturated heterocycles. The van der Waals surface area contributed by atoms with Crippen molar-refractivity contribution in [2.75, 3.05) is 17.7 Å². The molecule has 3 aromatic rings. The van der Waals surface area contributed by atoms with Crippen molar-refractivity contribution in [1.29, 1.82) is 5.26 Å². The second kappa shape index (κ2) is 9.78. The van der Waals surface area contributed by atoms with Crippen molar-refractivity contribution in [1.82, 2.24) is 9.55 Å². The SMILES string of the molecule is CCOC(=O)c1cc2c(cc1CNc1nc(-c3ccc(C4(C#N)CC4)cc3)n(C)c1S(=O)(=O)CC)OC(F)(F)O2. The normalized spacial score (nSPS) is 16.3. The van der Waals surface area contributed by atoms with Crippen LogP contribution >= 0.6 is 0 Å². The van der Waals surface area contributed by atoms with Gasteiger partial charge in [0.15, 0.2) is 32.2 Å². The number of hydrogen-bond donors (Lipinski definition) is 1. The number of aromatic nitrogens is 2. The number of carbonyl (C=O) groups is 1. The van der Waals surface area contributed by atoms with Gasteiger partial charge in [0.05, 0.1) is 29.4 Å². The van der Waals surface area contributed by atoms with Crippen molar-refractivity contribution in [2.24, 2.45) is 7.05 Å². The fraction of sp³-hybridized carbons (Fsp3) is 0.370. The third-order valence-electron chi connectivity index (χ3n) is 6.95. The lowest BCUT2D eigenvalue weighted by Crippen LogP contribution is -2.25. The molecule has 0 spiro atoms. The largest absolute Gasteiger partial charge is 0.586 e. The van der Waals surface area contributed by atoms with E-state index in [2.05, 4.69) is 25.8 Å². The van der Waals surface area contributed by atoms with Crippen LogP contribution in [0.5, 0.6) is 11.5 Å². The van der Waals surface area contributed by atoms with Crippen molar-refractivity contribution in [3.63, 3.8) is 0 Å². The summed E-state index contributed by atoms with van der Waals surface area (Å²) in [5.41, 5.74) is 1.23. The number of ether oxygens (including phenoxy) is 3. The molecule has 1 fully saturated rings. The Balaban J connectivity index is 1.51. The molecule has 10 nitrogen and oxygen atoms in total. The number of benzene rings is 2. The molecule has 2 aliphatic rings. The van der Waals surface area contributed by atoms with Crippen molar-refractivity contribution in [3.8, 4) is 29.0 Å². The molecule has 2 heterocycles. The lowest BCUT2D eigenvalue weighted by Gasteiger charge is -2.12. The Kier molecular flexibility index (Phi) is 6.70. The van der Waals surface area contributed by atoms with Gasteiger partial charge in [-0.2, -0.15) is 5.26 Å². The number of esters is 1. The van der Waals surface area contributed by atoms with Crippen molar-refractivity contribution < 1.29 is 36.2 Å². The maximum absolute atomic E-state index is 13.7. The van der Waals surface area contributed by atoms with Crippen LogP contribution in [0.2, 0.25) is 0 Å². The highest BCUT2D eigenvalue weighted by atomic mass is 32.2. The minimum atomic E-state index is -3.89. The number of anilines is 1. The van der Waals surface area contributed by atoms with Crippen LogP contribution < -0.4 is 14.8 Å². The van der Waals surface area contributed by atoms with Gasteiger partial charge in [-0.1, -0.05) is 31.2 Å². The number of sulfone groups is 1. The van der Waals surface area contributed by atoms with Crippen LogP contribution in [0.3, 0.4) is 0 Å². The molecule has 0 atom stereocenters. The second-order valence-corrected chi connectivity index (χ2v) is 11.7. The van der Waals surface area contributed by atoms with Crippen LogP contribution in [-0.4, -0.2) is 42.6 Å². The third kappa shape index (κ3) is 4.83. The van der Waals surface area contributed by atoms with E-state index in [4.69, 9.17) is 4.74 Å². The first-order chi connectivity index (χ1) is 18.9. The standard InChI is InChI=1S/C27H26F2N4O6S/c1-4-37-25(34)19-13-21-20(38-27(28,29)39-21)12-17(19)14-31-22-24(40(35,36)5-2)33(3)23(32-22)16-6-8-18(9-7-16)26(15-30)10-11-26/h6-9,12-13,31H,4-5,10-11,14H2,1-3H3. The molecule has 0 unspecified atom stereocenters. The Labute approximate surface area is 229 Å². The highest BCUT2D eigenvalue weighted by molar-refractivity contribution is 7.91. The molecular weight excluding hydrogens is 546 g/mol. The van der Waals surface area contributed by atoms with Crippen LogP contribution in [0.15, 0.2) is 41.4 Å². The number of rotatable bonds is 9. The maximum atomic E-state index is 13.7. The van der Waals surface area contributed by atoms with Gasteiger partial charge >= 0.3 is 12.3 Å². The van der Waals surface area contributed by atoms with Crippen LogP contribution in [0.4, 0.5) is 14.6 Å². The van der Waals surface area contributed by atoms with Gasteiger partial charge in [0, 0.05) is 19.2 Å². The summed E-state index contributed by atoms with van der Waals surface area (Å²) < 4.78 is 69.1. The Morgan fingerprint density at radius 3 is 2.40 bits per heavy atom. The number of fused-ring (bicyclic) bond motifs is 1. The monoisotopic (exact) mass is 572 g/mol. The molecule has 0 radical (unpaired) electrons. The Bertz CT molecular complexity index is 1640. The van der Waals surface area contributed by atoms with E-state index < -0.39 is 27.5 Å². The fourth-order valence-electron chi connectivity index (χ4n) is 4.64. The Morgan fingerprint density at radius 1 is 1.18 bits per heavy atom. The van der Waals surface area contributed by atoms with E-state index in [0.29, 0.717) is 11.4 Å². The van der Waals surface area contributed by atoms with E-state index in [1.165, 1.54) is 17.6 Å². The molecule has 1 aromatic heterocycles. The first-order valence-electron chi connectivity index (χ1n) is 12.6. The van der Waals surface area contributed by atoms with Gasteiger partial charge in [-0.15, -0.1) is 8.78 Å². The number of nitrogens with zero attached hydrogens (tertiary/aromatic N) is 3. The lowest BCUT2D eigenvalue weighted by molar-refractivity contribution is -0.286. The smallest absolute Gasteiger partial charge is 0.462 e. The minimum absolute atomic E-state index is 0.0249. The molecule has 5 rings (SSSR count). The molecule has 1 aliphatic carbocycles. The molecular formula is C27H26F2N4O6S. The summed E-state index contributed by atoms with van der Waals surface area (Å²) >= 11 is 0.